The lowest BCUT2D eigenvalue weighted by atomic mass is 10.2. The topological polar surface area (TPSA) is 31.0 Å². The number of rotatable bonds is 9. The Morgan fingerprint density at radius 3 is 1.95 bits per heavy atom. The van der Waals surface area contributed by atoms with Crippen LogP contribution in [0, 0.1) is 0 Å². The molecule has 0 radical (unpaired) electrons. The first kappa shape index (κ1) is 15.2. The van der Waals surface area contributed by atoms with Crippen LogP contribution in [0.1, 0.15) is 17.5 Å². The van der Waals surface area contributed by atoms with Crippen molar-refractivity contribution in [3.8, 4) is 0 Å². The van der Waals surface area contributed by atoms with Gasteiger partial charge in [-0.05, 0) is 17.5 Å². The summed E-state index contributed by atoms with van der Waals surface area (Å²) in [7, 11) is 0. The maximum atomic E-state index is 5.68. The molecule has 0 bridgehead atoms. The van der Waals surface area contributed by atoms with Gasteiger partial charge in [0.05, 0.1) is 25.9 Å². The Morgan fingerprint density at radius 1 is 0.727 bits per heavy atom. The Labute approximate surface area is 131 Å². The van der Waals surface area contributed by atoms with Gasteiger partial charge in [0.15, 0.2) is 0 Å². The Balaban J connectivity index is 1.23. The van der Waals surface area contributed by atoms with Gasteiger partial charge >= 0.3 is 0 Å². The average molecular weight is 298 g/mol. The third-order valence-corrected chi connectivity index (χ3v) is 3.74. The first-order valence-corrected chi connectivity index (χ1v) is 7.80. The van der Waals surface area contributed by atoms with Crippen molar-refractivity contribution in [1.82, 2.24) is 0 Å². The molecule has 0 aliphatic carbocycles. The predicted molar refractivity (Wildman–Crippen MR) is 85.5 cm³/mol. The minimum Gasteiger partial charge on any atom is -0.377 e. The summed E-state index contributed by atoms with van der Waals surface area (Å²) in [4.78, 5) is 0. The highest BCUT2D eigenvalue weighted by Crippen LogP contribution is 2.26. The highest BCUT2D eigenvalue weighted by Gasteiger charge is 2.38. The molecule has 0 unspecified atom stereocenters. The smallest absolute Gasteiger partial charge is 0.108 e. The van der Waals surface area contributed by atoms with Gasteiger partial charge in [-0.1, -0.05) is 60.7 Å². The van der Waals surface area contributed by atoms with Gasteiger partial charge in [-0.15, -0.1) is 0 Å². The lowest BCUT2D eigenvalue weighted by Crippen LogP contribution is -2.07. The molecule has 2 aromatic carbocycles. The summed E-state index contributed by atoms with van der Waals surface area (Å²) in [5.74, 6) is 0. The zero-order chi connectivity index (χ0) is 15.0. The molecule has 0 spiro atoms. The maximum Gasteiger partial charge on any atom is 0.108 e. The van der Waals surface area contributed by atoms with E-state index in [2.05, 4.69) is 24.3 Å². The molecule has 0 N–H and O–H groups in total. The van der Waals surface area contributed by atoms with Crippen LogP contribution in [0.3, 0.4) is 0 Å². The van der Waals surface area contributed by atoms with Gasteiger partial charge in [-0.2, -0.15) is 0 Å². The van der Waals surface area contributed by atoms with Crippen LogP contribution in [0.4, 0.5) is 0 Å². The van der Waals surface area contributed by atoms with E-state index in [-0.39, 0.29) is 6.10 Å². The van der Waals surface area contributed by atoms with Crippen LogP contribution in [-0.2, 0) is 27.4 Å². The predicted octanol–water partition coefficient (Wildman–Crippen LogP) is 3.58. The third-order valence-electron chi connectivity index (χ3n) is 3.74. The van der Waals surface area contributed by atoms with E-state index >= 15 is 0 Å². The van der Waals surface area contributed by atoms with Crippen molar-refractivity contribution >= 4 is 0 Å². The van der Waals surface area contributed by atoms with E-state index in [9.17, 15) is 0 Å². The molecule has 3 rings (SSSR count). The molecule has 1 aliphatic rings. The number of hydrogen-bond acceptors (Lipinski definition) is 3. The van der Waals surface area contributed by atoms with Gasteiger partial charge in [-0.25, -0.2) is 0 Å². The molecule has 1 heterocycles. The monoisotopic (exact) mass is 298 g/mol. The van der Waals surface area contributed by atoms with Crippen molar-refractivity contribution in [1.29, 1.82) is 0 Å². The van der Waals surface area contributed by atoms with Crippen LogP contribution in [0.2, 0.25) is 0 Å². The van der Waals surface area contributed by atoms with Gasteiger partial charge in [0.1, 0.15) is 6.10 Å². The average Bonchev–Trinajstić information content (AvgIpc) is 3.32. The van der Waals surface area contributed by atoms with E-state index in [4.69, 9.17) is 14.2 Å². The summed E-state index contributed by atoms with van der Waals surface area (Å²) in [5, 5.41) is 0. The molecular weight excluding hydrogens is 276 g/mol. The van der Waals surface area contributed by atoms with Crippen molar-refractivity contribution in [2.45, 2.75) is 31.8 Å². The standard InChI is InChI=1S/C19H22O3/c1-3-7-16(8-4-1)13-20-12-11-18-19(22-18)15-21-14-17-9-5-2-6-10-17/h1-10,18-19H,11-15H2/t18-,19-/m0/s1. The summed E-state index contributed by atoms with van der Waals surface area (Å²) in [6.07, 6.45) is 1.47. The molecule has 116 valence electrons. The second-order valence-electron chi connectivity index (χ2n) is 5.54. The summed E-state index contributed by atoms with van der Waals surface area (Å²) >= 11 is 0. The van der Waals surface area contributed by atoms with Crippen molar-refractivity contribution in [2.24, 2.45) is 0 Å². The number of ether oxygens (including phenoxy) is 3. The Morgan fingerprint density at radius 2 is 1.32 bits per heavy atom. The molecule has 2 atom stereocenters. The number of hydrogen-bond donors (Lipinski definition) is 0. The minimum atomic E-state index is 0.240. The fourth-order valence-electron chi connectivity index (χ4n) is 2.41. The number of benzene rings is 2. The fraction of sp³-hybridized carbons (Fsp3) is 0.368. The number of epoxide rings is 1. The molecule has 3 nitrogen and oxygen atoms in total. The summed E-state index contributed by atoms with van der Waals surface area (Å²) in [6, 6.07) is 20.4. The van der Waals surface area contributed by atoms with Gasteiger partial charge in [0.2, 0.25) is 0 Å². The first-order valence-electron chi connectivity index (χ1n) is 7.80. The van der Waals surface area contributed by atoms with Crippen molar-refractivity contribution in [3.05, 3.63) is 71.8 Å². The van der Waals surface area contributed by atoms with E-state index in [1.807, 2.05) is 36.4 Å². The molecule has 0 saturated carbocycles. The van der Waals surface area contributed by atoms with Gasteiger partial charge in [-0.3, -0.25) is 0 Å². The van der Waals surface area contributed by atoms with Gasteiger partial charge < -0.3 is 14.2 Å². The molecule has 22 heavy (non-hydrogen) atoms. The Hall–Kier alpha value is -1.68. The zero-order valence-corrected chi connectivity index (χ0v) is 12.7. The first-order chi connectivity index (χ1) is 10.9. The summed E-state index contributed by atoms with van der Waals surface area (Å²) in [5.41, 5.74) is 2.41. The maximum absolute atomic E-state index is 5.68. The van der Waals surface area contributed by atoms with Gasteiger partial charge in [0, 0.05) is 6.61 Å². The lowest BCUT2D eigenvalue weighted by molar-refractivity contribution is 0.104. The highest BCUT2D eigenvalue weighted by molar-refractivity contribution is 5.14. The van der Waals surface area contributed by atoms with Gasteiger partial charge in [0.25, 0.3) is 0 Å². The highest BCUT2D eigenvalue weighted by atomic mass is 16.6. The van der Waals surface area contributed by atoms with E-state index in [1.165, 1.54) is 11.1 Å². The molecule has 2 aromatic rings. The lowest BCUT2D eigenvalue weighted by Gasteiger charge is -2.03. The Bertz CT molecular complexity index is 541. The fourth-order valence-corrected chi connectivity index (χ4v) is 2.41. The van der Waals surface area contributed by atoms with E-state index in [0.29, 0.717) is 25.9 Å². The van der Waals surface area contributed by atoms with Crippen molar-refractivity contribution < 1.29 is 14.2 Å². The van der Waals surface area contributed by atoms with Crippen LogP contribution >= 0.6 is 0 Å². The summed E-state index contributed by atoms with van der Waals surface area (Å²) < 4.78 is 17.0. The SMILES string of the molecule is c1ccc(COCC[C@@H]2O[C@H]2COCc2ccccc2)cc1. The molecular formula is C19H22O3. The third kappa shape index (κ3) is 4.95. The molecule has 3 heteroatoms. The van der Waals surface area contributed by atoms with Crippen LogP contribution in [0.25, 0.3) is 0 Å². The second-order valence-corrected chi connectivity index (χ2v) is 5.54. The quantitative estimate of drug-likeness (QED) is 0.524. The zero-order valence-electron chi connectivity index (χ0n) is 12.7. The van der Waals surface area contributed by atoms with E-state index < -0.39 is 0 Å². The van der Waals surface area contributed by atoms with Crippen molar-refractivity contribution in [2.75, 3.05) is 13.2 Å². The summed E-state index contributed by atoms with van der Waals surface area (Å²) in [6.45, 7) is 2.72. The van der Waals surface area contributed by atoms with Crippen LogP contribution in [0.5, 0.6) is 0 Å². The van der Waals surface area contributed by atoms with Crippen LogP contribution in [0.15, 0.2) is 60.7 Å². The molecule has 0 aromatic heterocycles. The van der Waals surface area contributed by atoms with E-state index in [0.717, 1.165) is 13.0 Å². The normalized spacial score (nSPS) is 20.0. The largest absolute Gasteiger partial charge is 0.377 e. The Kier molecular flexibility index (Phi) is 5.59. The van der Waals surface area contributed by atoms with Crippen molar-refractivity contribution in [3.63, 3.8) is 0 Å². The molecule has 1 aliphatic heterocycles. The van der Waals surface area contributed by atoms with Crippen LogP contribution < -0.4 is 0 Å². The molecule has 0 amide bonds. The minimum absolute atomic E-state index is 0.240. The molecule has 1 saturated heterocycles. The van der Waals surface area contributed by atoms with Crippen LogP contribution in [-0.4, -0.2) is 25.4 Å². The van der Waals surface area contributed by atoms with E-state index in [1.54, 1.807) is 0 Å². The molecule has 1 fully saturated rings. The second kappa shape index (κ2) is 8.08.